The van der Waals surface area contributed by atoms with Crippen LogP contribution in [0.5, 0.6) is 0 Å². The molecule has 2 unspecified atom stereocenters. The number of piperidine rings is 1. The first-order valence-electron chi connectivity index (χ1n) is 5.20. The monoisotopic (exact) mass is 227 g/mol. The molecule has 2 heterocycles. The fraction of sp³-hybridized carbons (Fsp3) is 0.778. The average Bonchev–Trinajstić information content (AvgIpc) is 2.66. The Hall–Kier alpha value is -0.750. The molecule has 3 aliphatic rings. The van der Waals surface area contributed by atoms with Crippen LogP contribution in [0.25, 0.3) is 0 Å². The third kappa shape index (κ3) is 1.61. The van der Waals surface area contributed by atoms with Crippen LogP contribution in [0.4, 0.5) is 4.79 Å². The molecule has 3 rings (SSSR count). The molecule has 0 aromatic rings. The van der Waals surface area contributed by atoms with Crippen molar-refractivity contribution in [1.82, 2.24) is 16.0 Å². The predicted molar refractivity (Wildman–Crippen MR) is 56.6 cm³/mol. The molecule has 1 aliphatic carbocycles. The topological polar surface area (TPSA) is 70.2 Å². The van der Waals surface area contributed by atoms with Crippen LogP contribution >= 0.6 is 11.8 Å². The van der Waals surface area contributed by atoms with Crippen molar-refractivity contribution in [2.45, 2.75) is 12.1 Å². The zero-order chi connectivity index (χ0) is 10.4. The number of nitrogens with one attached hydrogen (secondary N) is 3. The normalized spacial score (nSPS) is 42.3. The molecule has 1 saturated carbocycles. The van der Waals surface area contributed by atoms with E-state index in [1.54, 1.807) is 0 Å². The summed E-state index contributed by atoms with van der Waals surface area (Å²) in [5.41, 5.74) is 0. The highest BCUT2D eigenvalue weighted by Gasteiger charge is 2.54. The Bertz CT molecular complexity index is 312. The summed E-state index contributed by atoms with van der Waals surface area (Å²) >= 11 is 1.18. The molecule has 0 bridgehead atoms. The van der Waals surface area contributed by atoms with Crippen molar-refractivity contribution < 1.29 is 9.59 Å². The Morgan fingerprint density at radius 1 is 1.40 bits per heavy atom. The van der Waals surface area contributed by atoms with E-state index in [-0.39, 0.29) is 17.2 Å². The van der Waals surface area contributed by atoms with Gasteiger partial charge in [0.25, 0.3) is 5.24 Å². The van der Waals surface area contributed by atoms with Gasteiger partial charge in [0.15, 0.2) is 0 Å². The van der Waals surface area contributed by atoms with Crippen molar-refractivity contribution in [2.24, 2.45) is 11.8 Å². The van der Waals surface area contributed by atoms with Gasteiger partial charge in [-0.3, -0.25) is 9.59 Å². The molecule has 3 N–H and O–H groups in total. The maximum Gasteiger partial charge on any atom is 0.279 e. The Balaban J connectivity index is 1.52. The van der Waals surface area contributed by atoms with Gasteiger partial charge >= 0.3 is 0 Å². The molecule has 0 aromatic carbocycles. The zero-order valence-corrected chi connectivity index (χ0v) is 8.97. The average molecular weight is 227 g/mol. The van der Waals surface area contributed by atoms with Crippen LogP contribution in [-0.2, 0) is 4.79 Å². The van der Waals surface area contributed by atoms with Crippen molar-refractivity contribution in [3.05, 3.63) is 0 Å². The van der Waals surface area contributed by atoms with Gasteiger partial charge in [-0.1, -0.05) is 11.8 Å². The van der Waals surface area contributed by atoms with E-state index in [4.69, 9.17) is 0 Å². The molecular weight excluding hydrogens is 214 g/mol. The first kappa shape index (κ1) is 9.47. The van der Waals surface area contributed by atoms with Crippen LogP contribution in [0.2, 0.25) is 0 Å². The fourth-order valence-electron chi connectivity index (χ4n) is 2.42. The molecule has 2 saturated heterocycles. The standard InChI is InChI=1S/C9H13N3O2S/c13-8(6-3-15-9(14)11-6)12-7-4-1-10-2-5(4)7/h4-7,10H,1-3H2,(H,11,14)(H,12,13)/t4?,5?,6-,7?/m0/s1. The smallest absolute Gasteiger partial charge is 0.279 e. The van der Waals surface area contributed by atoms with Crippen LogP contribution in [0.3, 0.4) is 0 Å². The molecule has 3 fully saturated rings. The molecule has 0 spiro atoms. The second-order valence-corrected chi connectivity index (χ2v) is 5.31. The number of fused-ring (bicyclic) bond motifs is 1. The van der Waals surface area contributed by atoms with Crippen LogP contribution < -0.4 is 16.0 Å². The van der Waals surface area contributed by atoms with E-state index in [1.165, 1.54) is 11.8 Å². The summed E-state index contributed by atoms with van der Waals surface area (Å²) in [6, 6.07) is 0.0260. The number of rotatable bonds is 2. The molecule has 15 heavy (non-hydrogen) atoms. The van der Waals surface area contributed by atoms with Gasteiger partial charge in [0.2, 0.25) is 5.91 Å². The van der Waals surface area contributed by atoms with Gasteiger partial charge in [-0.15, -0.1) is 0 Å². The number of thioether (sulfide) groups is 1. The van der Waals surface area contributed by atoms with E-state index in [0.717, 1.165) is 13.1 Å². The highest BCUT2D eigenvalue weighted by atomic mass is 32.2. The summed E-state index contributed by atoms with van der Waals surface area (Å²) in [5.74, 6) is 1.79. The van der Waals surface area contributed by atoms with Crippen molar-refractivity contribution in [3.63, 3.8) is 0 Å². The third-order valence-corrected chi connectivity index (χ3v) is 4.27. The number of hydrogen-bond donors (Lipinski definition) is 3. The quantitative estimate of drug-likeness (QED) is 0.574. The number of hydrogen-bond acceptors (Lipinski definition) is 4. The van der Waals surface area contributed by atoms with Crippen LogP contribution in [0, 0.1) is 11.8 Å². The van der Waals surface area contributed by atoms with Crippen LogP contribution in [-0.4, -0.2) is 42.1 Å². The van der Waals surface area contributed by atoms with Crippen LogP contribution in [0.1, 0.15) is 0 Å². The molecule has 0 radical (unpaired) electrons. The first-order valence-corrected chi connectivity index (χ1v) is 6.18. The lowest BCUT2D eigenvalue weighted by Crippen LogP contribution is -2.45. The molecule has 0 aromatic heterocycles. The Kier molecular flexibility index (Phi) is 2.14. The summed E-state index contributed by atoms with van der Waals surface area (Å²) in [6.07, 6.45) is 0. The SMILES string of the molecule is O=C1N[C@H](C(=O)NC2C3CNCC32)CS1. The highest BCUT2D eigenvalue weighted by Crippen LogP contribution is 2.41. The Morgan fingerprint density at radius 3 is 2.73 bits per heavy atom. The van der Waals surface area contributed by atoms with E-state index in [0.29, 0.717) is 23.6 Å². The van der Waals surface area contributed by atoms with Crippen molar-refractivity contribution >= 4 is 22.9 Å². The molecule has 5 nitrogen and oxygen atoms in total. The fourth-order valence-corrected chi connectivity index (χ4v) is 3.20. The zero-order valence-electron chi connectivity index (χ0n) is 8.16. The van der Waals surface area contributed by atoms with Crippen molar-refractivity contribution in [1.29, 1.82) is 0 Å². The number of carbonyl (C=O) groups excluding carboxylic acids is 2. The van der Waals surface area contributed by atoms with Gasteiger partial charge < -0.3 is 16.0 Å². The molecular formula is C9H13N3O2S. The lowest BCUT2D eigenvalue weighted by molar-refractivity contribution is -0.122. The van der Waals surface area contributed by atoms with E-state index in [1.807, 2.05) is 0 Å². The molecule has 3 atom stereocenters. The Morgan fingerprint density at radius 2 is 2.13 bits per heavy atom. The van der Waals surface area contributed by atoms with Crippen molar-refractivity contribution in [3.8, 4) is 0 Å². The Labute approximate surface area is 91.7 Å². The van der Waals surface area contributed by atoms with Crippen molar-refractivity contribution in [2.75, 3.05) is 18.8 Å². The van der Waals surface area contributed by atoms with Gasteiger partial charge in [-0.2, -0.15) is 0 Å². The summed E-state index contributed by atoms with van der Waals surface area (Å²) in [6.45, 7) is 2.03. The third-order valence-electron chi connectivity index (χ3n) is 3.39. The second-order valence-electron chi connectivity index (χ2n) is 4.32. The minimum atomic E-state index is -0.322. The lowest BCUT2D eigenvalue weighted by atomic mass is 10.3. The van der Waals surface area contributed by atoms with Gasteiger partial charge in [0.1, 0.15) is 6.04 Å². The summed E-state index contributed by atoms with van der Waals surface area (Å²) in [4.78, 5) is 22.6. The molecule has 2 amide bonds. The van der Waals surface area contributed by atoms with E-state index in [9.17, 15) is 9.59 Å². The predicted octanol–water partition coefficient (Wildman–Crippen LogP) is -0.855. The van der Waals surface area contributed by atoms with E-state index >= 15 is 0 Å². The maximum absolute atomic E-state index is 11.7. The highest BCUT2D eigenvalue weighted by molar-refractivity contribution is 8.14. The summed E-state index contributed by atoms with van der Waals surface area (Å²) in [5, 5.41) is 8.85. The van der Waals surface area contributed by atoms with E-state index in [2.05, 4.69) is 16.0 Å². The number of carbonyl (C=O) groups is 2. The van der Waals surface area contributed by atoms with Gasteiger partial charge in [-0.05, 0) is 11.8 Å². The number of amides is 2. The lowest BCUT2D eigenvalue weighted by Gasteiger charge is -2.11. The van der Waals surface area contributed by atoms with E-state index < -0.39 is 0 Å². The second kappa shape index (κ2) is 3.38. The maximum atomic E-state index is 11.7. The summed E-state index contributed by atoms with van der Waals surface area (Å²) in [7, 11) is 0. The minimum Gasteiger partial charge on any atom is -0.351 e. The molecule has 2 aliphatic heterocycles. The van der Waals surface area contributed by atoms with Gasteiger partial charge in [-0.25, -0.2) is 0 Å². The first-order chi connectivity index (χ1) is 7.25. The minimum absolute atomic E-state index is 0.0206. The van der Waals surface area contributed by atoms with Gasteiger partial charge in [0, 0.05) is 24.9 Å². The largest absolute Gasteiger partial charge is 0.351 e. The van der Waals surface area contributed by atoms with Crippen LogP contribution in [0.15, 0.2) is 0 Å². The van der Waals surface area contributed by atoms with Gasteiger partial charge in [0.05, 0.1) is 0 Å². The molecule has 6 heteroatoms. The summed E-state index contributed by atoms with van der Waals surface area (Å²) < 4.78 is 0. The molecule has 82 valence electrons.